The molecular formula is C20H20N4O2. The summed E-state index contributed by atoms with van der Waals surface area (Å²) in [7, 11) is 1.59. The number of para-hydroxylation sites is 2. The molecule has 132 valence electrons. The van der Waals surface area contributed by atoms with Crippen molar-refractivity contribution >= 4 is 28.9 Å². The normalized spacial score (nSPS) is 12.2. The number of aromatic nitrogens is 2. The number of hydrogen-bond acceptors (Lipinski definition) is 3. The fourth-order valence-corrected chi connectivity index (χ4v) is 2.57. The van der Waals surface area contributed by atoms with Crippen LogP contribution in [0.4, 0.5) is 0 Å². The van der Waals surface area contributed by atoms with Crippen molar-refractivity contribution in [2.45, 2.75) is 13.0 Å². The summed E-state index contributed by atoms with van der Waals surface area (Å²) in [5.41, 5.74) is 3.22. The number of imidazole rings is 1. The maximum atomic E-state index is 12.1. The molecule has 3 aromatic rings. The highest BCUT2D eigenvalue weighted by Gasteiger charge is 2.12. The zero-order valence-electron chi connectivity index (χ0n) is 14.6. The van der Waals surface area contributed by atoms with E-state index in [-0.39, 0.29) is 17.9 Å². The van der Waals surface area contributed by atoms with Crippen molar-refractivity contribution in [2.75, 3.05) is 7.05 Å². The molecule has 2 amide bonds. The third kappa shape index (κ3) is 3.97. The second-order valence-electron chi connectivity index (χ2n) is 5.90. The maximum absolute atomic E-state index is 12.1. The van der Waals surface area contributed by atoms with Crippen molar-refractivity contribution in [3.63, 3.8) is 0 Å². The summed E-state index contributed by atoms with van der Waals surface area (Å²) in [6.45, 7) is 1.88. The number of aromatic amines is 1. The number of rotatable bonds is 5. The van der Waals surface area contributed by atoms with E-state index in [0.29, 0.717) is 11.4 Å². The van der Waals surface area contributed by atoms with Gasteiger partial charge in [0.05, 0.1) is 17.1 Å². The van der Waals surface area contributed by atoms with Crippen LogP contribution in [0.2, 0.25) is 0 Å². The van der Waals surface area contributed by atoms with Crippen LogP contribution < -0.4 is 10.6 Å². The van der Waals surface area contributed by atoms with Crippen molar-refractivity contribution < 1.29 is 9.59 Å². The fraction of sp³-hybridized carbons (Fsp3) is 0.150. The van der Waals surface area contributed by atoms with E-state index in [4.69, 9.17) is 0 Å². The van der Waals surface area contributed by atoms with E-state index in [1.807, 2.05) is 31.2 Å². The summed E-state index contributed by atoms with van der Waals surface area (Å²) in [5.74, 6) is 0.356. The number of nitrogens with one attached hydrogen (secondary N) is 3. The largest absolute Gasteiger partial charge is 0.355 e. The van der Waals surface area contributed by atoms with E-state index < -0.39 is 0 Å². The number of H-pyrrole nitrogens is 1. The van der Waals surface area contributed by atoms with Crippen LogP contribution >= 0.6 is 0 Å². The van der Waals surface area contributed by atoms with Crippen LogP contribution in [-0.2, 0) is 4.79 Å². The van der Waals surface area contributed by atoms with Crippen LogP contribution in [-0.4, -0.2) is 28.8 Å². The first kappa shape index (κ1) is 17.4. The van der Waals surface area contributed by atoms with Gasteiger partial charge in [-0.05, 0) is 42.8 Å². The lowest BCUT2D eigenvalue weighted by molar-refractivity contribution is -0.117. The number of nitrogens with zero attached hydrogens (tertiary/aromatic N) is 1. The molecule has 1 atom stereocenters. The topological polar surface area (TPSA) is 86.9 Å². The quantitative estimate of drug-likeness (QED) is 0.620. The lowest BCUT2D eigenvalue weighted by Crippen LogP contribution is -2.25. The minimum atomic E-state index is -0.241. The van der Waals surface area contributed by atoms with Gasteiger partial charge in [0.2, 0.25) is 5.91 Å². The average Bonchev–Trinajstić information content (AvgIpc) is 3.10. The molecule has 2 aromatic carbocycles. The molecule has 0 aliphatic rings. The maximum Gasteiger partial charge on any atom is 0.251 e. The first-order chi connectivity index (χ1) is 12.6. The van der Waals surface area contributed by atoms with E-state index in [9.17, 15) is 9.59 Å². The Kier molecular flexibility index (Phi) is 5.12. The summed E-state index contributed by atoms with van der Waals surface area (Å²) < 4.78 is 0. The predicted octanol–water partition coefficient (Wildman–Crippen LogP) is 2.81. The Morgan fingerprint density at radius 2 is 1.85 bits per heavy atom. The highest BCUT2D eigenvalue weighted by atomic mass is 16.2. The van der Waals surface area contributed by atoms with E-state index in [1.165, 1.54) is 6.08 Å². The Morgan fingerprint density at radius 3 is 2.54 bits per heavy atom. The molecule has 6 nitrogen and oxygen atoms in total. The van der Waals surface area contributed by atoms with Crippen molar-refractivity contribution in [3.05, 3.63) is 71.6 Å². The molecule has 6 heteroatoms. The van der Waals surface area contributed by atoms with Gasteiger partial charge in [-0.25, -0.2) is 4.98 Å². The number of hydrogen-bond donors (Lipinski definition) is 3. The first-order valence-corrected chi connectivity index (χ1v) is 8.32. The molecule has 26 heavy (non-hydrogen) atoms. The van der Waals surface area contributed by atoms with E-state index >= 15 is 0 Å². The van der Waals surface area contributed by atoms with Gasteiger partial charge in [-0.15, -0.1) is 0 Å². The lowest BCUT2D eigenvalue weighted by atomic mass is 10.1. The van der Waals surface area contributed by atoms with Crippen LogP contribution in [0, 0.1) is 0 Å². The summed E-state index contributed by atoms with van der Waals surface area (Å²) in [6.07, 6.45) is 3.17. The molecule has 1 unspecified atom stereocenters. The third-order valence-electron chi connectivity index (χ3n) is 4.00. The Morgan fingerprint density at radius 1 is 1.12 bits per heavy atom. The highest BCUT2D eigenvalue weighted by molar-refractivity contribution is 5.95. The zero-order valence-corrected chi connectivity index (χ0v) is 14.6. The van der Waals surface area contributed by atoms with Gasteiger partial charge in [0, 0.05) is 18.7 Å². The van der Waals surface area contributed by atoms with Gasteiger partial charge < -0.3 is 15.6 Å². The van der Waals surface area contributed by atoms with Gasteiger partial charge in [-0.3, -0.25) is 9.59 Å². The number of benzene rings is 2. The lowest BCUT2D eigenvalue weighted by Gasteiger charge is -2.09. The van der Waals surface area contributed by atoms with Crippen molar-refractivity contribution in [1.29, 1.82) is 0 Å². The number of fused-ring (bicyclic) bond motifs is 1. The first-order valence-electron chi connectivity index (χ1n) is 8.32. The molecule has 3 rings (SSSR count). The molecule has 3 N–H and O–H groups in total. The Labute approximate surface area is 151 Å². The second-order valence-corrected chi connectivity index (χ2v) is 5.90. The number of carbonyl (C=O) groups is 2. The minimum absolute atomic E-state index is 0.141. The Hall–Kier alpha value is -3.41. The van der Waals surface area contributed by atoms with E-state index in [0.717, 1.165) is 16.6 Å². The summed E-state index contributed by atoms with van der Waals surface area (Å²) in [4.78, 5) is 31.3. The smallest absolute Gasteiger partial charge is 0.251 e. The van der Waals surface area contributed by atoms with Crippen molar-refractivity contribution in [3.8, 4) is 0 Å². The highest BCUT2D eigenvalue weighted by Crippen LogP contribution is 2.15. The molecule has 1 aromatic heterocycles. The molecule has 0 fully saturated rings. The van der Waals surface area contributed by atoms with Gasteiger partial charge in [-0.1, -0.05) is 24.3 Å². The fourth-order valence-electron chi connectivity index (χ4n) is 2.57. The predicted molar refractivity (Wildman–Crippen MR) is 102 cm³/mol. The molecule has 0 spiro atoms. The molecule has 0 aliphatic carbocycles. The van der Waals surface area contributed by atoms with Crippen molar-refractivity contribution in [2.24, 2.45) is 0 Å². The summed E-state index contributed by atoms with van der Waals surface area (Å²) in [6, 6.07) is 14.5. The van der Waals surface area contributed by atoms with Gasteiger partial charge in [0.25, 0.3) is 5.91 Å². The zero-order chi connectivity index (χ0) is 18.5. The monoisotopic (exact) mass is 348 g/mol. The average molecular weight is 348 g/mol. The van der Waals surface area contributed by atoms with E-state index in [2.05, 4.69) is 20.6 Å². The van der Waals surface area contributed by atoms with Gasteiger partial charge in [-0.2, -0.15) is 0 Å². The molecule has 0 bridgehead atoms. The Bertz CT molecular complexity index is 924. The summed E-state index contributed by atoms with van der Waals surface area (Å²) in [5, 5.41) is 5.45. The van der Waals surface area contributed by atoms with Gasteiger partial charge in [0.1, 0.15) is 5.82 Å². The minimum Gasteiger partial charge on any atom is -0.355 e. The summed E-state index contributed by atoms with van der Waals surface area (Å²) >= 11 is 0. The molecule has 0 radical (unpaired) electrons. The molecule has 0 saturated heterocycles. The SMILES string of the molecule is CNC(=O)c1ccc(/C=C/C(=O)NC(C)c2nc3ccccc3[nH]2)cc1. The Balaban J connectivity index is 1.62. The van der Waals surface area contributed by atoms with Crippen LogP contribution in [0.15, 0.2) is 54.6 Å². The molecule has 1 heterocycles. The number of amides is 2. The third-order valence-corrected chi connectivity index (χ3v) is 4.00. The van der Waals surface area contributed by atoms with Crippen LogP contribution in [0.25, 0.3) is 17.1 Å². The van der Waals surface area contributed by atoms with Crippen LogP contribution in [0.1, 0.15) is 34.7 Å². The van der Waals surface area contributed by atoms with Gasteiger partial charge >= 0.3 is 0 Å². The van der Waals surface area contributed by atoms with E-state index in [1.54, 1.807) is 37.4 Å². The molecular weight excluding hydrogens is 328 g/mol. The van der Waals surface area contributed by atoms with Crippen LogP contribution in [0.3, 0.4) is 0 Å². The standard InChI is InChI=1S/C20H20N4O2/c1-13(19-23-16-5-3-4-6-17(16)24-19)22-18(25)12-9-14-7-10-15(11-8-14)20(26)21-2/h3-13H,1-2H3,(H,21,26)(H,22,25)(H,23,24)/b12-9+. The molecule has 0 aliphatic heterocycles. The second kappa shape index (κ2) is 7.65. The van der Waals surface area contributed by atoms with Crippen LogP contribution in [0.5, 0.6) is 0 Å². The van der Waals surface area contributed by atoms with Crippen molar-refractivity contribution in [1.82, 2.24) is 20.6 Å². The molecule has 0 saturated carbocycles. The van der Waals surface area contributed by atoms with Gasteiger partial charge in [0.15, 0.2) is 0 Å². The number of carbonyl (C=O) groups excluding carboxylic acids is 2.